The molecule has 0 saturated carbocycles. The van der Waals surface area contributed by atoms with Crippen LogP contribution in [0.4, 0.5) is 5.69 Å². The Hall–Kier alpha value is -3.35. The fourth-order valence-electron chi connectivity index (χ4n) is 3.56. The Morgan fingerprint density at radius 3 is 2.66 bits per heavy atom. The maximum Gasteiger partial charge on any atom is 0.257 e. The topological polar surface area (TPSA) is 71.7 Å². The fraction of sp³-hybridized carbons (Fsp3) is 0.318. The molecule has 7 nitrogen and oxygen atoms in total. The van der Waals surface area contributed by atoms with E-state index in [1.165, 1.54) is 0 Å². The highest BCUT2D eigenvalue weighted by Crippen LogP contribution is 2.31. The summed E-state index contributed by atoms with van der Waals surface area (Å²) < 4.78 is 10.9. The normalized spacial score (nSPS) is 16.3. The van der Waals surface area contributed by atoms with Crippen LogP contribution in [-0.2, 0) is 11.3 Å². The van der Waals surface area contributed by atoms with Gasteiger partial charge in [0.05, 0.1) is 7.11 Å². The molecule has 4 rings (SSSR count). The van der Waals surface area contributed by atoms with Crippen molar-refractivity contribution in [2.75, 3.05) is 32.6 Å². The smallest absolute Gasteiger partial charge is 0.257 e. The molecule has 150 valence electrons. The number of hydrogen-bond acceptors (Lipinski definition) is 6. The Labute approximate surface area is 169 Å². The molecule has 29 heavy (non-hydrogen) atoms. The first-order chi connectivity index (χ1) is 14.0. The number of amides is 1. The number of rotatable bonds is 6. The van der Waals surface area contributed by atoms with E-state index in [0.717, 1.165) is 22.6 Å². The second-order valence-electron chi connectivity index (χ2n) is 7.39. The third kappa shape index (κ3) is 3.94. The third-order valence-electron chi connectivity index (χ3n) is 5.21. The maximum absolute atomic E-state index is 12.5. The zero-order valence-corrected chi connectivity index (χ0v) is 16.8. The summed E-state index contributed by atoms with van der Waals surface area (Å²) in [4.78, 5) is 20.9. The van der Waals surface area contributed by atoms with E-state index in [1.54, 1.807) is 7.11 Å². The molecule has 1 aromatic heterocycles. The van der Waals surface area contributed by atoms with Crippen LogP contribution in [-0.4, -0.2) is 48.7 Å². The van der Waals surface area contributed by atoms with Gasteiger partial charge in [-0.1, -0.05) is 23.4 Å². The van der Waals surface area contributed by atoms with E-state index in [9.17, 15) is 4.79 Å². The first-order valence-electron chi connectivity index (χ1n) is 9.56. The lowest BCUT2D eigenvalue weighted by atomic mass is 10.1. The number of carbonyl (C=O) groups excluding carboxylic acids is 1. The summed E-state index contributed by atoms with van der Waals surface area (Å²) in [5, 5.41) is 4.14. The molecule has 3 aromatic rings. The number of hydrogen-bond donors (Lipinski definition) is 0. The van der Waals surface area contributed by atoms with Crippen LogP contribution in [0.1, 0.15) is 23.7 Å². The molecule has 1 unspecified atom stereocenters. The molecule has 2 heterocycles. The first-order valence-corrected chi connectivity index (χ1v) is 9.56. The van der Waals surface area contributed by atoms with Crippen LogP contribution in [0, 0.1) is 0 Å². The molecule has 1 amide bonds. The molecule has 0 aliphatic carbocycles. The monoisotopic (exact) mass is 392 g/mol. The van der Waals surface area contributed by atoms with Crippen molar-refractivity contribution in [3.63, 3.8) is 0 Å². The Balaban J connectivity index is 1.47. The third-order valence-corrected chi connectivity index (χ3v) is 5.21. The highest BCUT2D eigenvalue weighted by Gasteiger charge is 2.34. The lowest BCUT2D eigenvalue weighted by Gasteiger charge is -2.17. The maximum atomic E-state index is 12.5. The average Bonchev–Trinajstić information content (AvgIpc) is 3.36. The Bertz CT molecular complexity index is 997. The van der Waals surface area contributed by atoms with Crippen molar-refractivity contribution < 1.29 is 14.1 Å². The number of methoxy groups -OCH3 is 1. The van der Waals surface area contributed by atoms with Crippen molar-refractivity contribution in [3.8, 4) is 17.2 Å². The summed E-state index contributed by atoms with van der Waals surface area (Å²) in [7, 11) is 5.63. The van der Waals surface area contributed by atoms with Gasteiger partial charge in [-0.2, -0.15) is 4.98 Å². The average molecular weight is 392 g/mol. The van der Waals surface area contributed by atoms with Gasteiger partial charge in [0.15, 0.2) is 5.82 Å². The molecule has 1 aliphatic heterocycles. The summed E-state index contributed by atoms with van der Waals surface area (Å²) in [6.45, 7) is 1.07. The van der Waals surface area contributed by atoms with Crippen LogP contribution in [0.15, 0.2) is 53.1 Å². The van der Waals surface area contributed by atoms with Gasteiger partial charge in [0.2, 0.25) is 5.91 Å². The molecule has 1 aliphatic rings. The second kappa shape index (κ2) is 7.95. The first kappa shape index (κ1) is 19.0. The molecule has 0 spiro atoms. The van der Waals surface area contributed by atoms with Gasteiger partial charge in [0.1, 0.15) is 5.75 Å². The predicted octanol–water partition coefficient (Wildman–Crippen LogP) is 3.33. The highest BCUT2D eigenvalue weighted by molar-refractivity contribution is 5.79. The number of benzene rings is 2. The lowest BCUT2D eigenvalue weighted by molar-refractivity contribution is -0.128. The van der Waals surface area contributed by atoms with Gasteiger partial charge in [0, 0.05) is 56.3 Å². The SMILES string of the molecule is COc1ccccc1CN1CC(c2noc(-c3ccc(N(C)C)cc3)n2)CC1=O. The van der Waals surface area contributed by atoms with Gasteiger partial charge in [-0.25, -0.2) is 0 Å². The minimum absolute atomic E-state index is 0.0734. The van der Waals surface area contributed by atoms with Crippen molar-refractivity contribution in [1.29, 1.82) is 0 Å². The van der Waals surface area contributed by atoms with Crippen LogP contribution in [0.25, 0.3) is 11.5 Å². The van der Waals surface area contributed by atoms with Crippen molar-refractivity contribution in [2.45, 2.75) is 18.9 Å². The quantitative estimate of drug-likeness (QED) is 0.641. The Morgan fingerprint density at radius 1 is 1.17 bits per heavy atom. The van der Waals surface area contributed by atoms with Crippen LogP contribution in [0.5, 0.6) is 5.75 Å². The molecule has 0 bridgehead atoms. The van der Waals surface area contributed by atoms with Gasteiger partial charge < -0.3 is 19.1 Å². The molecule has 1 atom stereocenters. The van der Waals surface area contributed by atoms with Crippen molar-refractivity contribution in [1.82, 2.24) is 15.0 Å². The Morgan fingerprint density at radius 2 is 1.93 bits per heavy atom. The Kier molecular flexibility index (Phi) is 5.20. The van der Waals surface area contributed by atoms with Gasteiger partial charge >= 0.3 is 0 Å². The summed E-state index contributed by atoms with van der Waals surface area (Å²) in [5.41, 5.74) is 2.95. The molecule has 1 saturated heterocycles. The number of nitrogens with zero attached hydrogens (tertiary/aromatic N) is 4. The minimum Gasteiger partial charge on any atom is -0.496 e. The van der Waals surface area contributed by atoms with Crippen molar-refractivity contribution in [3.05, 3.63) is 59.9 Å². The van der Waals surface area contributed by atoms with Crippen molar-refractivity contribution in [2.24, 2.45) is 0 Å². The fourth-order valence-corrected chi connectivity index (χ4v) is 3.56. The van der Waals surface area contributed by atoms with E-state index in [0.29, 0.717) is 31.2 Å². The van der Waals surface area contributed by atoms with Gasteiger partial charge in [0.25, 0.3) is 5.89 Å². The van der Waals surface area contributed by atoms with E-state index >= 15 is 0 Å². The number of anilines is 1. The molecule has 0 radical (unpaired) electrons. The van der Waals surface area contributed by atoms with Crippen LogP contribution in [0.3, 0.4) is 0 Å². The molecule has 1 fully saturated rings. The number of carbonyl (C=O) groups is 1. The summed E-state index contributed by atoms with van der Waals surface area (Å²) >= 11 is 0. The molecule has 2 aromatic carbocycles. The van der Waals surface area contributed by atoms with Crippen LogP contribution >= 0.6 is 0 Å². The van der Waals surface area contributed by atoms with E-state index in [4.69, 9.17) is 9.26 Å². The number of ether oxygens (including phenoxy) is 1. The van der Waals surface area contributed by atoms with Crippen LogP contribution in [0.2, 0.25) is 0 Å². The number of para-hydroxylation sites is 1. The summed E-state index contributed by atoms with van der Waals surface area (Å²) in [5.74, 6) is 1.85. The second-order valence-corrected chi connectivity index (χ2v) is 7.39. The zero-order chi connectivity index (χ0) is 20.4. The van der Waals surface area contributed by atoms with E-state index in [2.05, 4.69) is 10.1 Å². The zero-order valence-electron chi connectivity index (χ0n) is 16.8. The van der Waals surface area contributed by atoms with Gasteiger partial charge in [-0.3, -0.25) is 4.79 Å². The molecular formula is C22H24N4O3. The predicted molar refractivity (Wildman–Crippen MR) is 110 cm³/mol. The molecular weight excluding hydrogens is 368 g/mol. The molecule has 7 heteroatoms. The molecule has 0 N–H and O–H groups in total. The van der Waals surface area contributed by atoms with Crippen LogP contribution < -0.4 is 9.64 Å². The highest BCUT2D eigenvalue weighted by atomic mass is 16.5. The van der Waals surface area contributed by atoms with E-state index < -0.39 is 0 Å². The van der Waals surface area contributed by atoms with Gasteiger partial charge in [-0.05, 0) is 30.3 Å². The summed E-state index contributed by atoms with van der Waals surface area (Å²) in [6, 6.07) is 15.7. The van der Waals surface area contributed by atoms with Gasteiger partial charge in [-0.15, -0.1) is 0 Å². The minimum atomic E-state index is -0.0734. The summed E-state index contributed by atoms with van der Waals surface area (Å²) in [6.07, 6.45) is 0.383. The standard InChI is InChI=1S/C22H24N4O3/c1-25(2)18-10-8-15(9-11-18)22-23-21(24-29-22)17-12-20(27)26(14-17)13-16-6-4-5-7-19(16)28-3/h4-11,17H,12-14H2,1-3H3. The lowest BCUT2D eigenvalue weighted by Crippen LogP contribution is -2.24. The number of aromatic nitrogens is 2. The van der Waals surface area contributed by atoms with Crippen molar-refractivity contribution >= 4 is 11.6 Å². The largest absolute Gasteiger partial charge is 0.496 e. The number of likely N-dealkylation sites (tertiary alicyclic amines) is 1. The van der Waals surface area contributed by atoms with E-state index in [1.807, 2.05) is 72.4 Å². The van der Waals surface area contributed by atoms with E-state index in [-0.39, 0.29) is 11.8 Å².